The topological polar surface area (TPSA) is 89.9 Å². The van der Waals surface area contributed by atoms with E-state index in [-0.39, 0.29) is 12.6 Å². The van der Waals surface area contributed by atoms with Gasteiger partial charge in [0, 0.05) is 6.20 Å². The van der Waals surface area contributed by atoms with Gasteiger partial charge in [0.1, 0.15) is 0 Å². The zero-order valence-corrected chi connectivity index (χ0v) is 12.1. The van der Waals surface area contributed by atoms with Gasteiger partial charge in [0.2, 0.25) is 5.89 Å². The number of aryl methyl sites for hydroxylation is 1. The van der Waals surface area contributed by atoms with Crippen molar-refractivity contribution in [3.8, 4) is 0 Å². The van der Waals surface area contributed by atoms with Crippen LogP contribution in [0.25, 0.3) is 0 Å². The minimum Gasteiger partial charge on any atom is -0.338 e. The van der Waals surface area contributed by atoms with Crippen LogP contribution in [0, 0.1) is 12.8 Å². The normalized spacial score (nSPS) is 12.8. The molecule has 0 aromatic carbocycles. The lowest BCUT2D eigenvalue weighted by atomic mass is 9.97. The highest BCUT2D eigenvalue weighted by atomic mass is 16.5. The van der Waals surface area contributed by atoms with Gasteiger partial charge in [-0.05, 0) is 24.5 Å². The van der Waals surface area contributed by atoms with E-state index in [1.54, 1.807) is 0 Å². The predicted molar refractivity (Wildman–Crippen MR) is 75.6 cm³/mol. The molecular formula is C14H21N5O. The Kier molecular flexibility index (Phi) is 4.81. The molecule has 0 bridgehead atoms. The third-order valence-corrected chi connectivity index (χ3v) is 3.18. The zero-order valence-electron chi connectivity index (χ0n) is 12.1. The lowest BCUT2D eigenvalue weighted by Gasteiger charge is -2.22. The Morgan fingerprint density at radius 2 is 2.20 bits per heavy atom. The van der Waals surface area contributed by atoms with E-state index in [0.717, 1.165) is 5.69 Å². The zero-order chi connectivity index (χ0) is 14.5. The Labute approximate surface area is 118 Å². The number of rotatable bonds is 6. The van der Waals surface area contributed by atoms with Crippen LogP contribution in [0.15, 0.2) is 22.9 Å². The molecule has 20 heavy (non-hydrogen) atoms. The first-order chi connectivity index (χ1) is 9.61. The maximum absolute atomic E-state index is 5.45. The second kappa shape index (κ2) is 6.58. The molecule has 0 saturated heterocycles. The van der Waals surface area contributed by atoms with Gasteiger partial charge in [0.05, 0.1) is 24.8 Å². The fourth-order valence-electron chi connectivity index (χ4n) is 2.12. The minimum atomic E-state index is 0.149. The molecule has 2 rings (SSSR count). The van der Waals surface area contributed by atoms with Crippen LogP contribution in [0.3, 0.4) is 0 Å². The Morgan fingerprint density at radius 3 is 2.80 bits per heavy atom. The van der Waals surface area contributed by atoms with Gasteiger partial charge < -0.3 is 15.6 Å². The van der Waals surface area contributed by atoms with Gasteiger partial charge in [-0.3, -0.25) is 4.98 Å². The Hall–Kier alpha value is -1.79. The summed E-state index contributed by atoms with van der Waals surface area (Å²) in [6, 6.07) is 4.17. The standard InChI is InChI=1S/C14H21N5O/c1-9(2)13(14-10(3)5-4-6-16-14)17-8-11-18-12(7-15)20-19-11/h4-6,9,13,17H,7-8,15H2,1-3H3. The lowest BCUT2D eigenvalue weighted by Crippen LogP contribution is -2.27. The highest BCUT2D eigenvalue weighted by molar-refractivity contribution is 5.21. The number of nitrogens with zero attached hydrogens (tertiary/aromatic N) is 3. The van der Waals surface area contributed by atoms with Gasteiger partial charge in [0.15, 0.2) is 5.82 Å². The minimum absolute atomic E-state index is 0.149. The molecule has 3 N–H and O–H groups in total. The molecule has 0 saturated carbocycles. The van der Waals surface area contributed by atoms with Gasteiger partial charge in [-0.25, -0.2) is 0 Å². The van der Waals surface area contributed by atoms with Crippen LogP contribution < -0.4 is 11.1 Å². The summed E-state index contributed by atoms with van der Waals surface area (Å²) in [5.41, 5.74) is 7.69. The number of nitrogens with two attached hydrogens (primary N) is 1. The molecule has 0 amide bonds. The van der Waals surface area contributed by atoms with Crippen molar-refractivity contribution in [2.75, 3.05) is 0 Å². The number of hydrogen-bond acceptors (Lipinski definition) is 6. The second-order valence-corrected chi connectivity index (χ2v) is 5.12. The largest absolute Gasteiger partial charge is 0.338 e. The van der Waals surface area contributed by atoms with Crippen molar-refractivity contribution in [2.45, 2.75) is 39.9 Å². The van der Waals surface area contributed by atoms with Crippen LogP contribution in [-0.2, 0) is 13.1 Å². The smallest absolute Gasteiger partial charge is 0.240 e. The molecular weight excluding hydrogens is 254 g/mol. The third-order valence-electron chi connectivity index (χ3n) is 3.18. The third kappa shape index (κ3) is 3.40. The van der Waals surface area contributed by atoms with E-state index in [9.17, 15) is 0 Å². The van der Waals surface area contributed by atoms with E-state index in [2.05, 4.69) is 47.3 Å². The summed E-state index contributed by atoms with van der Waals surface area (Å²) in [4.78, 5) is 8.68. The maximum atomic E-state index is 5.45. The number of hydrogen-bond donors (Lipinski definition) is 2. The fraction of sp³-hybridized carbons (Fsp3) is 0.500. The Bertz CT molecular complexity index is 552. The molecule has 0 fully saturated rings. The predicted octanol–water partition coefficient (Wildman–Crippen LogP) is 1.72. The van der Waals surface area contributed by atoms with E-state index in [1.807, 2.05) is 12.3 Å². The van der Waals surface area contributed by atoms with Gasteiger partial charge in [-0.15, -0.1) is 0 Å². The second-order valence-electron chi connectivity index (χ2n) is 5.12. The molecule has 0 aliphatic carbocycles. The monoisotopic (exact) mass is 275 g/mol. The van der Waals surface area contributed by atoms with Crippen molar-refractivity contribution in [3.63, 3.8) is 0 Å². The molecule has 108 valence electrons. The van der Waals surface area contributed by atoms with Crippen molar-refractivity contribution >= 4 is 0 Å². The van der Waals surface area contributed by atoms with Crippen LogP contribution in [-0.4, -0.2) is 15.1 Å². The van der Waals surface area contributed by atoms with Crippen molar-refractivity contribution in [2.24, 2.45) is 11.7 Å². The van der Waals surface area contributed by atoms with Gasteiger partial charge in [0.25, 0.3) is 0 Å². The number of pyridine rings is 1. The van der Waals surface area contributed by atoms with E-state index in [4.69, 9.17) is 10.3 Å². The molecule has 0 radical (unpaired) electrons. The summed E-state index contributed by atoms with van der Waals surface area (Å²) in [6.07, 6.45) is 1.82. The van der Waals surface area contributed by atoms with Crippen LogP contribution in [0.5, 0.6) is 0 Å². The number of nitrogens with one attached hydrogen (secondary N) is 1. The Morgan fingerprint density at radius 1 is 1.40 bits per heavy atom. The van der Waals surface area contributed by atoms with Gasteiger partial charge in [-0.2, -0.15) is 4.98 Å². The quantitative estimate of drug-likeness (QED) is 0.834. The summed E-state index contributed by atoms with van der Waals surface area (Å²) >= 11 is 0. The summed E-state index contributed by atoms with van der Waals surface area (Å²) in [5, 5.41) is 7.33. The van der Waals surface area contributed by atoms with Gasteiger partial charge >= 0.3 is 0 Å². The highest BCUT2D eigenvalue weighted by Gasteiger charge is 2.19. The fourth-order valence-corrected chi connectivity index (χ4v) is 2.12. The summed E-state index contributed by atoms with van der Waals surface area (Å²) in [6.45, 7) is 7.18. The molecule has 6 nitrogen and oxygen atoms in total. The summed E-state index contributed by atoms with van der Waals surface area (Å²) in [5.74, 6) is 1.48. The van der Waals surface area contributed by atoms with Crippen LogP contribution in [0.4, 0.5) is 0 Å². The van der Waals surface area contributed by atoms with E-state index < -0.39 is 0 Å². The molecule has 0 aliphatic rings. The molecule has 1 unspecified atom stereocenters. The van der Waals surface area contributed by atoms with Crippen molar-refractivity contribution in [1.82, 2.24) is 20.4 Å². The van der Waals surface area contributed by atoms with E-state index in [0.29, 0.717) is 24.2 Å². The molecule has 2 aromatic heterocycles. The average molecular weight is 275 g/mol. The molecule has 6 heteroatoms. The van der Waals surface area contributed by atoms with Crippen LogP contribution >= 0.6 is 0 Å². The first kappa shape index (κ1) is 14.6. The lowest BCUT2D eigenvalue weighted by molar-refractivity contribution is 0.362. The van der Waals surface area contributed by atoms with E-state index >= 15 is 0 Å². The maximum Gasteiger partial charge on any atom is 0.240 e. The molecule has 0 aliphatic heterocycles. The van der Waals surface area contributed by atoms with Crippen molar-refractivity contribution < 1.29 is 4.52 Å². The number of aromatic nitrogens is 3. The van der Waals surface area contributed by atoms with Crippen molar-refractivity contribution in [1.29, 1.82) is 0 Å². The van der Waals surface area contributed by atoms with E-state index in [1.165, 1.54) is 5.56 Å². The van der Waals surface area contributed by atoms with Crippen LogP contribution in [0.1, 0.15) is 42.9 Å². The molecule has 0 spiro atoms. The average Bonchev–Trinajstić information content (AvgIpc) is 2.88. The first-order valence-corrected chi connectivity index (χ1v) is 6.78. The van der Waals surface area contributed by atoms with Crippen LogP contribution in [0.2, 0.25) is 0 Å². The van der Waals surface area contributed by atoms with Gasteiger partial charge in [-0.1, -0.05) is 25.1 Å². The highest BCUT2D eigenvalue weighted by Crippen LogP contribution is 2.22. The SMILES string of the molecule is Cc1cccnc1C(NCc1noc(CN)n1)C(C)C. The van der Waals surface area contributed by atoms with Crippen molar-refractivity contribution in [3.05, 3.63) is 41.3 Å². The summed E-state index contributed by atoms with van der Waals surface area (Å²) < 4.78 is 4.99. The molecule has 2 heterocycles. The molecule has 2 aromatic rings. The Balaban J connectivity index is 2.08. The molecule has 1 atom stereocenters. The first-order valence-electron chi connectivity index (χ1n) is 6.78. The summed E-state index contributed by atoms with van der Waals surface area (Å²) in [7, 11) is 0.